The van der Waals surface area contributed by atoms with E-state index in [-0.39, 0.29) is 5.89 Å². The molecule has 0 saturated carbocycles. The zero-order valence-corrected chi connectivity index (χ0v) is 21.6. The molecule has 0 fully saturated rings. The van der Waals surface area contributed by atoms with Gasteiger partial charge in [-0.1, -0.05) is 23.7 Å². The van der Waals surface area contributed by atoms with Gasteiger partial charge < -0.3 is 13.9 Å². The number of benzene rings is 2. The Kier molecular flexibility index (Phi) is 5.96. The molecule has 0 N–H and O–H groups in total. The van der Waals surface area contributed by atoms with Gasteiger partial charge in [0.25, 0.3) is 0 Å². The van der Waals surface area contributed by atoms with Crippen molar-refractivity contribution in [3.8, 4) is 5.75 Å². The first-order valence-corrected chi connectivity index (χ1v) is 12.3. The molecule has 0 saturated heterocycles. The van der Waals surface area contributed by atoms with Gasteiger partial charge in [0, 0.05) is 17.8 Å². The molecule has 6 rings (SSSR count). The molecule has 38 heavy (non-hydrogen) atoms. The molecular formula is C27H23ClN6O4. The lowest BCUT2D eigenvalue weighted by molar-refractivity contribution is 0.380. The van der Waals surface area contributed by atoms with Gasteiger partial charge in [0.2, 0.25) is 11.8 Å². The lowest BCUT2D eigenvalue weighted by Crippen LogP contribution is -2.22. The van der Waals surface area contributed by atoms with Crippen LogP contribution in [0.25, 0.3) is 21.8 Å². The Labute approximate surface area is 222 Å². The van der Waals surface area contributed by atoms with Crippen LogP contribution in [0.5, 0.6) is 5.75 Å². The molecule has 0 spiro atoms. The highest BCUT2D eigenvalue weighted by Gasteiger charge is 2.36. The number of nitrogens with zero attached hydrogens (tertiary/aromatic N) is 6. The molecule has 192 valence electrons. The Hall–Kier alpha value is -4.44. The van der Waals surface area contributed by atoms with Gasteiger partial charge in [0.15, 0.2) is 5.82 Å². The summed E-state index contributed by atoms with van der Waals surface area (Å²) in [6.45, 7) is 2.45. The summed E-state index contributed by atoms with van der Waals surface area (Å²) in [4.78, 5) is 22.6. The predicted octanol–water partition coefficient (Wildman–Crippen LogP) is 4.86. The third kappa shape index (κ3) is 4.12. The number of ether oxygens (including phenoxy) is 2. The van der Waals surface area contributed by atoms with Gasteiger partial charge in [-0.25, -0.2) is 19.8 Å². The van der Waals surface area contributed by atoms with Gasteiger partial charge in [-0.2, -0.15) is 5.10 Å². The van der Waals surface area contributed by atoms with Crippen molar-refractivity contribution in [3.05, 3.63) is 87.3 Å². The number of aryl methyl sites for hydroxylation is 1. The van der Waals surface area contributed by atoms with Crippen LogP contribution in [0.2, 0.25) is 5.02 Å². The van der Waals surface area contributed by atoms with E-state index >= 15 is 0 Å². The number of halogens is 1. The standard InChI is InChI=1S/C27H23ClN6O4/c1-15-11-17-14-33(13-16-6-8-18(36-2)9-7-16)32-24(17)22-23(15)30-26(38-27(22)35)20-12-21(37-3)31-34(20)25-19(28)5-4-10-29-25/h4-11,14,20H,12-13H2,1-3H3. The summed E-state index contributed by atoms with van der Waals surface area (Å²) >= 11 is 6.40. The Morgan fingerprint density at radius 2 is 1.95 bits per heavy atom. The van der Waals surface area contributed by atoms with E-state index in [9.17, 15) is 4.79 Å². The molecular weight excluding hydrogens is 508 g/mol. The number of rotatable bonds is 5. The zero-order chi connectivity index (χ0) is 26.4. The Morgan fingerprint density at radius 1 is 1.13 bits per heavy atom. The van der Waals surface area contributed by atoms with E-state index < -0.39 is 11.7 Å². The minimum Gasteiger partial charge on any atom is -0.497 e. The molecule has 0 radical (unpaired) electrons. The van der Waals surface area contributed by atoms with Crippen molar-refractivity contribution < 1.29 is 13.9 Å². The topological polar surface area (TPSA) is 108 Å². The van der Waals surface area contributed by atoms with Crippen molar-refractivity contribution in [2.24, 2.45) is 5.10 Å². The molecule has 0 amide bonds. The zero-order valence-electron chi connectivity index (χ0n) is 20.9. The van der Waals surface area contributed by atoms with Crippen LogP contribution >= 0.6 is 11.6 Å². The highest BCUT2D eigenvalue weighted by molar-refractivity contribution is 6.33. The minimum absolute atomic E-state index is 0.195. The predicted molar refractivity (Wildman–Crippen MR) is 144 cm³/mol. The first kappa shape index (κ1) is 23.9. The SMILES string of the molecule is COC1=NN(c2ncccc2Cl)C(c2nc3c(C)cc4cn(Cc5ccc(OC)cc5)nc4c3c(=O)o2)C1. The Morgan fingerprint density at radius 3 is 2.68 bits per heavy atom. The van der Waals surface area contributed by atoms with Crippen LogP contribution in [0.4, 0.5) is 5.82 Å². The first-order chi connectivity index (χ1) is 18.4. The smallest absolute Gasteiger partial charge is 0.349 e. The summed E-state index contributed by atoms with van der Waals surface area (Å²) in [5, 5.41) is 12.4. The largest absolute Gasteiger partial charge is 0.497 e. The number of hydrogen-bond donors (Lipinski definition) is 0. The highest BCUT2D eigenvalue weighted by Crippen LogP contribution is 2.37. The van der Waals surface area contributed by atoms with Crippen LogP contribution in [-0.2, 0) is 11.3 Å². The van der Waals surface area contributed by atoms with Crippen LogP contribution in [0, 0.1) is 6.92 Å². The monoisotopic (exact) mass is 530 g/mol. The van der Waals surface area contributed by atoms with Gasteiger partial charge in [-0.05, 0) is 48.4 Å². The van der Waals surface area contributed by atoms with Crippen LogP contribution in [-0.4, -0.2) is 39.9 Å². The van der Waals surface area contributed by atoms with Crippen molar-refractivity contribution >= 4 is 45.1 Å². The van der Waals surface area contributed by atoms with Crippen LogP contribution in [0.1, 0.15) is 29.5 Å². The number of methoxy groups -OCH3 is 2. The third-order valence-electron chi connectivity index (χ3n) is 6.50. The summed E-state index contributed by atoms with van der Waals surface area (Å²) in [5.41, 5.74) is 2.42. The summed E-state index contributed by atoms with van der Waals surface area (Å²) in [5.74, 6) is 1.85. The molecule has 1 aliphatic rings. The normalized spacial score (nSPS) is 15.3. The number of aromatic nitrogens is 4. The van der Waals surface area contributed by atoms with Crippen LogP contribution < -0.4 is 15.4 Å². The summed E-state index contributed by atoms with van der Waals surface area (Å²) in [6, 6.07) is 12.6. The summed E-state index contributed by atoms with van der Waals surface area (Å²) < 4.78 is 18.2. The van der Waals surface area contributed by atoms with Crippen molar-refractivity contribution in [2.75, 3.05) is 19.2 Å². The fraction of sp³-hybridized carbons (Fsp3) is 0.222. The van der Waals surface area contributed by atoms with Gasteiger partial charge in [0.1, 0.15) is 22.7 Å². The molecule has 2 aromatic carbocycles. The molecule has 1 unspecified atom stereocenters. The number of hydrogen-bond acceptors (Lipinski definition) is 9. The number of pyridine rings is 1. The number of hydrazone groups is 1. The maximum absolute atomic E-state index is 13.4. The second-order valence-electron chi connectivity index (χ2n) is 8.94. The molecule has 0 aliphatic carbocycles. The molecule has 1 atom stereocenters. The van der Waals surface area contributed by atoms with Crippen LogP contribution in [0.15, 0.2) is 69.2 Å². The van der Waals surface area contributed by atoms with Crippen molar-refractivity contribution in [2.45, 2.75) is 25.9 Å². The Bertz CT molecular complexity index is 1760. The van der Waals surface area contributed by atoms with Crippen molar-refractivity contribution in [1.82, 2.24) is 19.7 Å². The quantitative estimate of drug-likeness (QED) is 0.317. The van der Waals surface area contributed by atoms with E-state index in [1.54, 1.807) is 35.1 Å². The maximum atomic E-state index is 13.4. The molecule has 1 aliphatic heterocycles. The fourth-order valence-corrected chi connectivity index (χ4v) is 4.85. The van der Waals surface area contributed by atoms with Crippen molar-refractivity contribution in [3.63, 3.8) is 0 Å². The third-order valence-corrected chi connectivity index (χ3v) is 6.79. The van der Waals surface area contributed by atoms with E-state index in [4.69, 9.17) is 35.6 Å². The Balaban J connectivity index is 1.42. The van der Waals surface area contributed by atoms with E-state index in [0.29, 0.717) is 46.1 Å². The average Bonchev–Trinajstić information content (AvgIpc) is 3.53. The molecule has 11 heteroatoms. The fourth-order valence-electron chi connectivity index (χ4n) is 4.65. The molecule has 10 nitrogen and oxygen atoms in total. The maximum Gasteiger partial charge on any atom is 0.349 e. The first-order valence-electron chi connectivity index (χ1n) is 11.9. The minimum atomic E-state index is -0.558. The molecule has 3 aromatic heterocycles. The molecule has 0 bridgehead atoms. The number of fused-ring (bicyclic) bond motifs is 3. The summed E-state index contributed by atoms with van der Waals surface area (Å²) in [7, 11) is 3.17. The van der Waals surface area contributed by atoms with E-state index in [1.807, 2.05) is 43.5 Å². The molecule has 4 heterocycles. The lowest BCUT2D eigenvalue weighted by Gasteiger charge is -2.21. The van der Waals surface area contributed by atoms with Gasteiger partial charge in [-0.3, -0.25) is 4.68 Å². The van der Waals surface area contributed by atoms with Gasteiger partial charge in [-0.15, -0.1) is 5.10 Å². The van der Waals surface area contributed by atoms with Gasteiger partial charge >= 0.3 is 5.63 Å². The van der Waals surface area contributed by atoms with E-state index in [1.165, 1.54) is 7.11 Å². The van der Waals surface area contributed by atoms with Gasteiger partial charge in [0.05, 0.1) is 37.7 Å². The van der Waals surface area contributed by atoms with Crippen molar-refractivity contribution in [1.29, 1.82) is 0 Å². The second kappa shape index (κ2) is 9.46. The van der Waals surface area contributed by atoms with Crippen LogP contribution in [0.3, 0.4) is 0 Å². The number of anilines is 1. The average molecular weight is 531 g/mol. The lowest BCUT2D eigenvalue weighted by atomic mass is 10.1. The second-order valence-corrected chi connectivity index (χ2v) is 9.35. The van der Waals surface area contributed by atoms with E-state index in [2.05, 4.69) is 10.1 Å². The molecule has 5 aromatic rings. The summed E-state index contributed by atoms with van der Waals surface area (Å²) in [6.07, 6.45) is 3.87. The van der Waals surface area contributed by atoms with E-state index in [0.717, 1.165) is 22.3 Å². The highest BCUT2D eigenvalue weighted by atomic mass is 35.5.